The molecule has 31 heavy (non-hydrogen) atoms. The average Bonchev–Trinajstić information content (AvgIpc) is 3.41. The minimum Gasteiger partial charge on any atom is -0.381 e. The molecule has 0 radical (unpaired) electrons. The lowest BCUT2D eigenvalue weighted by Crippen LogP contribution is -2.50. The molecule has 4 heterocycles. The Morgan fingerprint density at radius 1 is 1.16 bits per heavy atom. The monoisotopic (exact) mass is 417 g/mol. The molecule has 0 saturated carbocycles. The molecule has 0 amide bonds. The average molecular weight is 418 g/mol. The van der Waals surface area contributed by atoms with Crippen molar-refractivity contribution in [2.75, 3.05) is 31.6 Å². The van der Waals surface area contributed by atoms with Gasteiger partial charge in [0, 0.05) is 18.3 Å². The summed E-state index contributed by atoms with van der Waals surface area (Å²) in [6.07, 6.45) is 7.74. The van der Waals surface area contributed by atoms with Gasteiger partial charge in [0.25, 0.3) is 0 Å². The van der Waals surface area contributed by atoms with E-state index in [0.29, 0.717) is 11.5 Å². The topological polar surface area (TPSA) is 66.1 Å². The van der Waals surface area contributed by atoms with Crippen LogP contribution in [0.5, 0.6) is 0 Å². The van der Waals surface area contributed by atoms with E-state index < -0.39 is 0 Å². The van der Waals surface area contributed by atoms with Crippen molar-refractivity contribution >= 4 is 16.9 Å². The van der Waals surface area contributed by atoms with E-state index in [4.69, 9.17) is 4.74 Å². The van der Waals surface area contributed by atoms with Crippen LogP contribution in [0.4, 0.5) is 5.82 Å². The first-order valence-electron chi connectivity index (χ1n) is 11.7. The van der Waals surface area contributed by atoms with Crippen molar-refractivity contribution in [3.05, 3.63) is 53.5 Å². The SMILES string of the molecule is Cc1cc2c(NC3c4ccccc4CCC3N3CCC4(CCOC4)CC3)ncnc2[nH]1. The number of ether oxygens (including phenoxy) is 1. The van der Waals surface area contributed by atoms with E-state index in [0.717, 1.165) is 55.3 Å². The molecule has 2 aromatic heterocycles. The van der Waals surface area contributed by atoms with Crippen LogP contribution in [0.25, 0.3) is 11.0 Å². The smallest absolute Gasteiger partial charge is 0.143 e. The fraction of sp³-hybridized carbons (Fsp3) is 0.520. The molecule has 162 valence electrons. The second-order valence-electron chi connectivity index (χ2n) is 9.70. The third-order valence-electron chi connectivity index (χ3n) is 7.85. The van der Waals surface area contributed by atoms with Gasteiger partial charge in [-0.3, -0.25) is 4.90 Å². The molecule has 2 fully saturated rings. The lowest BCUT2D eigenvalue weighted by molar-refractivity contribution is 0.0487. The summed E-state index contributed by atoms with van der Waals surface area (Å²) in [5, 5.41) is 4.94. The van der Waals surface area contributed by atoms with Gasteiger partial charge in [-0.05, 0) is 74.7 Å². The first-order valence-corrected chi connectivity index (χ1v) is 11.7. The Hall–Kier alpha value is -2.44. The normalized spacial score (nSPS) is 25.7. The van der Waals surface area contributed by atoms with Crippen LogP contribution in [0, 0.1) is 12.3 Å². The molecule has 3 aromatic rings. The maximum Gasteiger partial charge on any atom is 0.143 e. The summed E-state index contributed by atoms with van der Waals surface area (Å²) in [5.41, 5.74) is 5.33. The lowest BCUT2D eigenvalue weighted by Gasteiger charge is -2.46. The van der Waals surface area contributed by atoms with Gasteiger partial charge in [0.2, 0.25) is 0 Å². The number of aromatic nitrogens is 3. The van der Waals surface area contributed by atoms with Crippen molar-refractivity contribution in [3.63, 3.8) is 0 Å². The number of H-pyrrole nitrogens is 1. The number of nitrogens with zero attached hydrogens (tertiary/aromatic N) is 3. The van der Waals surface area contributed by atoms with E-state index in [2.05, 4.69) is 62.4 Å². The van der Waals surface area contributed by atoms with Gasteiger partial charge in [0.15, 0.2) is 0 Å². The number of aryl methyl sites for hydroxylation is 2. The van der Waals surface area contributed by atoms with Gasteiger partial charge in [-0.1, -0.05) is 24.3 Å². The number of piperidine rings is 1. The van der Waals surface area contributed by atoms with Crippen molar-refractivity contribution in [1.82, 2.24) is 19.9 Å². The zero-order chi connectivity index (χ0) is 20.8. The fourth-order valence-electron chi connectivity index (χ4n) is 6.02. The second-order valence-corrected chi connectivity index (χ2v) is 9.70. The van der Waals surface area contributed by atoms with Crippen LogP contribution in [-0.2, 0) is 11.2 Å². The molecular weight excluding hydrogens is 386 g/mol. The fourth-order valence-corrected chi connectivity index (χ4v) is 6.02. The summed E-state index contributed by atoms with van der Waals surface area (Å²) in [6, 6.07) is 11.8. The highest BCUT2D eigenvalue weighted by Crippen LogP contribution is 2.43. The van der Waals surface area contributed by atoms with Gasteiger partial charge in [0.1, 0.15) is 17.8 Å². The number of hydrogen-bond acceptors (Lipinski definition) is 5. The Morgan fingerprint density at radius 2 is 2.03 bits per heavy atom. The van der Waals surface area contributed by atoms with Crippen LogP contribution in [0.3, 0.4) is 0 Å². The molecule has 0 bridgehead atoms. The lowest BCUT2D eigenvalue weighted by atomic mass is 9.76. The zero-order valence-electron chi connectivity index (χ0n) is 18.2. The molecular formula is C25H31N5O. The molecule has 2 atom stereocenters. The molecule has 6 nitrogen and oxygen atoms in total. The highest BCUT2D eigenvalue weighted by molar-refractivity contribution is 5.87. The minimum absolute atomic E-state index is 0.229. The summed E-state index contributed by atoms with van der Waals surface area (Å²) in [5.74, 6) is 0.929. The van der Waals surface area contributed by atoms with Crippen LogP contribution in [0.1, 0.15) is 48.5 Å². The number of likely N-dealkylation sites (tertiary alicyclic amines) is 1. The molecule has 1 aromatic carbocycles. The molecule has 1 spiro atoms. The van der Waals surface area contributed by atoms with Gasteiger partial charge in [0.05, 0.1) is 18.0 Å². The van der Waals surface area contributed by atoms with Crippen molar-refractivity contribution in [2.24, 2.45) is 5.41 Å². The molecule has 2 aliphatic heterocycles. The first-order chi connectivity index (χ1) is 15.2. The van der Waals surface area contributed by atoms with Crippen molar-refractivity contribution in [2.45, 2.75) is 51.1 Å². The molecule has 6 rings (SSSR count). The molecule has 1 aliphatic carbocycles. The quantitative estimate of drug-likeness (QED) is 0.667. The number of anilines is 1. The van der Waals surface area contributed by atoms with E-state index in [9.17, 15) is 0 Å². The third kappa shape index (κ3) is 3.42. The van der Waals surface area contributed by atoms with Crippen LogP contribution >= 0.6 is 0 Å². The number of rotatable bonds is 3. The standard InChI is InChI=1S/C25H31N5O/c1-17-14-20-23(28-17)26-16-27-24(20)29-22-19-5-3-2-4-18(19)6-7-21(22)30-11-8-25(9-12-30)10-13-31-15-25/h2-5,14,16,21-22H,6-13,15H2,1H3,(H2,26,27,28,29). The van der Waals surface area contributed by atoms with E-state index >= 15 is 0 Å². The third-order valence-corrected chi connectivity index (χ3v) is 7.85. The zero-order valence-corrected chi connectivity index (χ0v) is 18.2. The maximum absolute atomic E-state index is 5.76. The van der Waals surface area contributed by atoms with Crippen molar-refractivity contribution in [3.8, 4) is 0 Å². The van der Waals surface area contributed by atoms with Gasteiger partial charge in [-0.15, -0.1) is 0 Å². The maximum atomic E-state index is 5.76. The van der Waals surface area contributed by atoms with E-state index in [1.165, 1.54) is 36.8 Å². The van der Waals surface area contributed by atoms with Crippen LogP contribution in [0.15, 0.2) is 36.7 Å². The van der Waals surface area contributed by atoms with Gasteiger partial charge in [-0.25, -0.2) is 9.97 Å². The highest BCUT2D eigenvalue weighted by Gasteiger charge is 2.42. The summed E-state index contributed by atoms with van der Waals surface area (Å²) in [4.78, 5) is 15.1. The first kappa shape index (κ1) is 19.3. The number of aromatic amines is 1. The predicted octanol–water partition coefficient (Wildman–Crippen LogP) is 4.24. The molecule has 3 aliphatic rings. The van der Waals surface area contributed by atoms with Crippen LogP contribution in [0.2, 0.25) is 0 Å². The van der Waals surface area contributed by atoms with Crippen molar-refractivity contribution in [1.29, 1.82) is 0 Å². The number of benzene rings is 1. The second kappa shape index (κ2) is 7.61. The number of nitrogens with one attached hydrogen (secondary N) is 2. The largest absolute Gasteiger partial charge is 0.381 e. The number of hydrogen-bond donors (Lipinski definition) is 2. The van der Waals surface area contributed by atoms with E-state index in [-0.39, 0.29) is 6.04 Å². The Balaban J connectivity index is 1.32. The van der Waals surface area contributed by atoms with E-state index in [1.54, 1.807) is 6.33 Å². The van der Waals surface area contributed by atoms with Gasteiger partial charge in [-0.2, -0.15) is 0 Å². The Labute approximate surface area is 183 Å². The minimum atomic E-state index is 0.229. The number of fused-ring (bicyclic) bond motifs is 2. The van der Waals surface area contributed by atoms with E-state index in [1.807, 2.05) is 0 Å². The summed E-state index contributed by atoms with van der Waals surface area (Å²) >= 11 is 0. The van der Waals surface area contributed by atoms with Crippen molar-refractivity contribution < 1.29 is 4.74 Å². The summed E-state index contributed by atoms with van der Waals surface area (Å²) < 4.78 is 5.76. The Morgan fingerprint density at radius 3 is 2.87 bits per heavy atom. The summed E-state index contributed by atoms with van der Waals surface area (Å²) in [7, 11) is 0. The molecule has 2 saturated heterocycles. The summed E-state index contributed by atoms with van der Waals surface area (Å²) in [6.45, 7) is 6.30. The highest BCUT2D eigenvalue weighted by atomic mass is 16.5. The Kier molecular flexibility index (Phi) is 4.73. The van der Waals surface area contributed by atoms with Crippen LogP contribution < -0.4 is 5.32 Å². The van der Waals surface area contributed by atoms with Gasteiger partial charge >= 0.3 is 0 Å². The molecule has 2 unspecified atom stereocenters. The van der Waals surface area contributed by atoms with Crippen LogP contribution in [-0.4, -0.2) is 52.2 Å². The Bertz CT molecular complexity index is 1080. The molecule has 6 heteroatoms. The van der Waals surface area contributed by atoms with Gasteiger partial charge < -0.3 is 15.0 Å². The predicted molar refractivity (Wildman–Crippen MR) is 122 cm³/mol. The molecule has 2 N–H and O–H groups in total.